The molecule has 0 saturated heterocycles. The zero-order valence-electron chi connectivity index (χ0n) is 10.3. The zero-order chi connectivity index (χ0) is 12.5. The highest BCUT2D eigenvalue weighted by Crippen LogP contribution is 2.25. The number of pyridine rings is 1. The molecule has 0 amide bonds. The average Bonchev–Trinajstić information content (AvgIpc) is 2.40. The van der Waals surface area contributed by atoms with Gasteiger partial charge in [-0.1, -0.05) is 13.0 Å². The molecule has 1 N–H and O–H groups in total. The topological polar surface area (TPSA) is 24.9 Å². The molecule has 3 heteroatoms. The van der Waals surface area contributed by atoms with Crippen LogP contribution in [0, 0.1) is 5.82 Å². The molecule has 1 unspecified atom stereocenters. The lowest BCUT2D eigenvalue weighted by Gasteiger charge is -2.22. The second-order valence-corrected chi connectivity index (χ2v) is 4.78. The van der Waals surface area contributed by atoms with Crippen molar-refractivity contribution in [2.24, 2.45) is 0 Å². The standard InChI is InChI=1S/C15H15FN2/c1-10-8-17-9-12-4-7-14(18-15(10)12)11-2-5-13(16)6-3-11/h2-7,10,17H,8-9H2,1H3. The van der Waals surface area contributed by atoms with Crippen molar-refractivity contribution in [1.29, 1.82) is 0 Å². The molecule has 0 saturated carbocycles. The lowest BCUT2D eigenvalue weighted by Crippen LogP contribution is -2.27. The van der Waals surface area contributed by atoms with Crippen LogP contribution in [0.1, 0.15) is 24.1 Å². The van der Waals surface area contributed by atoms with Gasteiger partial charge >= 0.3 is 0 Å². The molecule has 1 aliphatic heterocycles. The second-order valence-electron chi connectivity index (χ2n) is 4.78. The summed E-state index contributed by atoms with van der Waals surface area (Å²) in [4.78, 5) is 4.73. The molecule has 1 aliphatic rings. The lowest BCUT2D eigenvalue weighted by molar-refractivity contribution is 0.557. The summed E-state index contributed by atoms with van der Waals surface area (Å²) in [5, 5.41) is 3.37. The molecule has 2 aromatic rings. The molecule has 3 rings (SSSR count). The maximum absolute atomic E-state index is 12.9. The van der Waals surface area contributed by atoms with Crippen molar-refractivity contribution in [2.75, 3.05) is 6.54 Å². The van der Waals surface area contributed by atoms with Crippen LogP contribution in [0.5, 0.6) is 0 Å². The molecule has 0 spiro atoms. The molecule has 2 heterocycles. The Kier molecular flexibility index (Phi) is 2.84. The van der Waals surface area contributed by atoms with E-state index in [1.165, 1.54) is 17.7 Å². The first-order valence-corrected chi connectivity index (χ1v) is 6.20. The highest BCUT2D eigenvalue weighted by atomic mass is 19.1. The van der Waals surface area contributed by atoms with Gasteiger partial charge in [-0.2, -0.15) is 0 Å². The van der Waals surface area contributed by atoms with Gasteiger partial charge in [0.25, 0.3) is 0 Å². The van der Waals surface area contributed by atoms with E-state index >= 15 is 0 Å². The molecule has 18 heavy (non-hydrogen) atoms. The summed E-state index contributed by atoms with van der Waals surface area (Å²) < 4.78 is 12.9. The average molecular weight is 242 g/mol. The number of fused-ring (bicyclic) bond motifs is 1. The SMILES string of the molecule is CC1CNCc2ccc(-c3ccc(F)cc3)nc21. The Balaban J connectivity index is 2.03. The predicted molar refractivity (Wildman–Crippen MR) is 69.8 cm³/mol. The summed E-state index contributed by atoms with van der Waals surface area (Å²) in [6.45, 7) is 4.02. The number of benzene rings is 1. The van der Waals surface area contributed by atoms with E-state index in [4.69, 9.17) is 4.98 Å². The third-order valence-electron chi connectivity index (χ3n) is 3.39. The van der Waals surface area contributed by atoms with Crippen molar-refractivity contribution >= 4 is 0 Å². The third kappa shape index (κ3) is 2.02. The van der Waals surface area contributed by atoms with Crippen LogP contribution < -0.4 is 5.32 Å². The number of halogens is 1. The van der Waals surface area contributed by atoms with Crippen molar-refractivity contribution in [2.45, 2.75) is 19.4 Å². The third-order valence-corrected chi connectivity index (χ3v) is 3.39. The van der Waals surface area contributed by atoms with E-state index in [2.05, 4.69) is 18.3 Å². The summed E-state index contributed by atoms with van der Waals surface area (Å²) >= 11 is 0. The highest BCUT2D eigenvalue weighted by Gasteiger charge is 2.17. The number of nitrogens with one attached hydrogen (secondary N) is 1. The van der Waals surface area contributed by atoms with Gasteiger partial charge in [0, 0.05) is 30.3 Å². The van der Waals surface area contributed by atoms with Gasteiger partial charge in [0.05, 0.1) is 5.69 Å². The van der Waals surface area contributed by atoms with E-state index < -0.39 is 0 Å². The van der Waals surface area contributed by atoms with Crippen LogP contribution in [0.2, 0.25) is 0 Å². The van der Waals surface area contributed by atoms with Crippen molar-refractivity contribution < 1.29 is 4.39 Å². The normalized spacial score (nSPS) is 18.4. The molecule has 0 aliphatic carbocycles. The summed E-state index contributed by atoms with van der Waals surface area (Å²) in [5.74, 6) is 0.212. The minimum Gasteiger partial charge on any atom is -0.312 e. The van der Waals surface area contributed by atoms with Crippen LogP contribution in [0.15, 0.2) is 36.4 Å². The number of hydrogen-bond donors (Lipinski definition) is 1. The Bertz CT molecular complexity index is 563. The lowest BCUT2D eigenvalue weighted by atomic mass is 9.97. The van der Waals surface area contributed by atoms with Gasteiger partial charge in [0.1, 0.15) is 5.82 Å². The van der Waals surface area contributed by atoms with Gasteiger partial charge < -0.3 is 5.32 Å². The van der Waals surface area contributed by atoms with Gasteiger partial charge in [-0.25, -0.2) is 4.39 Å². The summed E-state index contributed by atoms with van der Waals surface area (Å²) in [5.41, 5.74) is 4.31. The molecule has 0 radical (unpaired) electrons. The van der Waals surface area contributed by atoms with Crippen LogP contribution in [-0.2, 0) is 6.54 Å². The minimum absolute atomic E-state index is 0.214. The Hall–Kier alpha value is -1.74. The number of rotatable bonds is 1. The summed E-state index contributed by atoms with van der Waals surface area (Å²) in [6.07, 6.45) is 0. The van der Waals surface area contributed by atoms with E-state index in [0.29, 0.717) is 5.92 Å². The van der Waals surface area contributed by atoms with Crippen LogP contribution >= 0.6 is 0 Å². The fourth-order valence-electron chi connectivity index (χ4n) is 2.38. The summed E-state index contributed by atoms with van der Waals surface area (Å²) in [7, 11) is 0. The maximum atomic E-state index is 12.9. The Morgan fingerprint density at radius 2 is 1.94 bits per heavy atom. The quantitative estimate of drug-likeness (QED) is 0.831. The van der Waals surface area contributed by atoms with E-state index in [1.807, 2.05) is 6.07 Å². The Labute approximate surface area is 106 Å². The molecule has 0 fully saturated rings. The van der Waals surface area contributed by atoms with E-state index in [-0.39, 0.29) is 5.82 Å². The van der Waals surface area contributed by atoms with Gasteiger partial charge in [-0.15, -0.1) is 0 Å². The molecule has 2 nitrogen and oxygen atoms in total. The van der Waals surface area contributed by atoms with E-state index in [1.54, 1.807) is 12.1 Å². The smallest absolute Gasteiger partial charge is 0.123 e. The Morgan fingerprint density at radius 1 is 1.17 bits per heavy atom. The largest absolute Gasteiger partial charge is 0.312 e. The van der Waals surface area contributed by atoms with Gasteiger partial charge in [0.15, 0.2) is 0 Å². The molecule has 92 valence electrons. The molecule has 1 aromatic carbocycles. The van der Waals surface area contributed by atoms with E-state index in [9.17, 15) is 4.39 Å². The van der Waals surface area contributed by atoms with Crippen molar-refractivity contribution in [3.05, 3.63) is 53.5 Å². The predicted octanol–water partition coefficient (Wildman–Crippen LogP) is 3.09. The van der Waals surface area contributed by atoms with E-state index in [0.717, 1.165) is 30.0 Å². The fourth-order valence-corrected chi connectivity index (χ4v) is 2.38. The second kappa shape index (κ2) is 4.50. The fraction of sp³-hybridized carbons (Fsp3) is 0.267. The van der Waals surface area contributed by atoms with Crippen LogP contribution in [0.4, 0.5) is 4.39 Å². The molecule has 0 bridgehead atoms. The van der Waals surface area contributed by atoms with Crippen molar-refractivity contribution in [3.63, 3.8) is 0 Å². The monoisotopic (exact) mass is 242 g/mol. The van der Waals surface area contributed by atoms with Gasteiger partial charge in [0.2, 0.25) is 0 Å². The van der Waals surface area contributed by atoms with Crippen LogP contribution in [-0.4, -0.2) is 11.5 Å². The maximum Gasteiger partial charge on any atom is 0.123 e. The summed E-state index contributed by atoms with van der Waals surface area (Å²) in [6, 6.07) is 10.6. The van der Waals surface area contributed by atoms with Gasteiger partial charge in [-0.3, -0.25) is 4.98 Å². The minimum atomic E-state index is -0.214. The highest BCUT2D eigenvalue weighted by molar-refractivity contribution is 5.59. The number of nitrogens with zero attached hydrogens (tertiary/aromatic N) is 1. The van der Waals surface area contributed by atoms with Crippen molar-refractivity contribution in [3.8, 4) is 11.3 Å². The first kappa shape index (κ1) is 11.4. The molecular weight excluding hydrogens is 227 g/mol. The van der Waals surface area contributed by atoms with Crippen molar-refractivity contribution in [1.82, 2.24) is 10.3 Å². The Morgan fingerprint density at radius 3 is 2.72 bits per heavy atom. The first-order valence-electron chi connectivity index (χ1n) is 6.20. The van der Waals surface area contributed by atoms with Gasteiger partial charge in [-0.05, 0) is 35.9 Å². The molecular formula is C15H15FN2. The zero-order valence-corrected chi connectivity index (χ0v) is 10.3. The number of hydrogen-bond acceptors (Lipinski definition) is 2. The first-order chi connectivity index (χ1) is 8.74. The van der Waals surface area contributed by atoms with Crippen LogP contribution in [0.3, 0.4) is 0 Å². The number of aromatic nitrogens is 1. The molecule has 1 aromatic heterocycles. The van der Waals surface area contributed by atoms with Crippen LogP contribution in [0.25, 0.3) is 11.3 Å². The molecule has 1 atom stereocenters.